The second-order valence-electron chi connectivity index (χ2n) is 25.3. The fourth-order valence-electron chi connectivity index (χ4n) is 10.7. The Hall–Kier alpha value is -1.94. The number of hydrogen-bond acceptors (Lipinski definition) is 15. The minimum atomic E-state index is -4.95. The first-order chi connectivity index (χ1) is 43.2. The van der Waals surface area contributed by atoms with Crippen molar-refractivity contribution in [2.75, 3.05) is 39.6 Å². The summed E-state index contributed by atoms with van der Waals surface area (Å²) < 4.78 is 68.2. The van der Waals surface area contributed by atoms with Crippen molar-refractivity contribution in [3.8, 4) is 0 Å². The van der Waals surface area contributed by atoms with Crippen molar-refractivity contribution in [3.05, 3.63) is 0 Å². The number of ether oxygens (including phenoxy) is 4. The Morgan fingerprint density at radius 1 is 0.270 bits per heavy atom. The van der Waals surface area contributed by atoms with Gasteiger partial charge < -0.3 is 33.8 Å². The zero-order valence-corrected chi connectivity index (χ0v) is 59.2. The van der Waals surface area contributed by atoms with Crippen LogP contribution >= 0.6 is 15.6 Å². The highest BCUT2D eigenvalue weighted by molar-refractivity contribution is 7.47. The third-order valence-corrected chi connectivity index (χ3v) is 18.3. The molecular formula is C70H136O17P2. The number of rotatable bonds is 71. The monoisotopic (exact) mass is 1310 g/mol. The number of aliphatic hydroxyl groups is 1. The number of esters is 4. The van der Waals surface area contributed by atoms with Gasteiger partial charge in [0.2, 0.25) is 0 Å². The molecule has 0 heterocycles. The second kappa shape index (κ2) is 64.8. The largest absolute Gasteiger partial charge is 0.472 e. The van der Waals surface area contributed by atoms with Crippen LogP contribution in [0.2, 0.25) is 0 Å². The predicted octanol–water partition coefficient (Wildman–Crippen LogP) is 20.3. The summed E-state index contributed by atoms with van der Waals surface area (Å²) >= 11 is 0. The summed E-state index contributed by atoms with van der Waals surface area (Å²) in [4.78, 5) is 72.4. The summed E-state index contributed by atoms with van der Waals surface area (Å²) in [5, 5.41) is 10.6. The third-order valence-electron chi connectivity index (χ3n) is 16.4. The molecule has 3 N–H and O–H groups in total. The van der Waals surface area contributed by atoms with Crippen LogP contribution in [0.5, 0.6) is 0 Å². The van der Waals surface area contributed by atoms with E-state index in [0.29, 0.717) is 25.7 Å². The molecule has 89 heavy (non-hydrogen) atoms. The van der Waals surface area contributed by atoms with E-state index in [1.165, 1.54) is 199 Å². The van der Waals surface area contributed by atoms with E-state index in [-0.39, 0.29) is 25.7 Å². The standard InChI is InChI=1S/C70H136O17P2/c1-5-9-13-17-21-25-27-29-30-31-32-33-34-35-37-41-45-49-53-57-70(75)87-66(61-81-68(73)55-51-47-43-40-36-28-26-22-18-14-10-6-2)63-85-89(78,79)83-59-64(71)58-82-88(76,77)84-62-65(86-69(74)56-52-48-44-39-24-20-16-12-8-4)60-80-67(72)54-50-46-42-38-23-19-15-11-7-3/h64-66,71H,5-63H2,1-4H3,(H,76,77)(H,78,79)/t64-,65+,66+/m0/s1. The van der Waals surface area contributed by atoms with Gasteiger partial charge in [-0.2, -0.15) is 0 Å². The highest BCUT2D eigenvalue weighted by Crippen LogP contribution is 2.45. The molecule has 0 amide bonds. The van der Waals surface area contributed by atoms with Crippen LogP contribution in [-0.2, 0) is 65.4 Å². The van der Waals surface area contributed by atoms with Gasteiger partial charge in [0.1, 0.15) is 19.3 Å². The quantitative estimate of drug-likeness (QED) is 0.0222. The molecule has 0 aromatic heterocycles. The van der Waals surface area contributed by atoms with Gasteiger partial charge in [-0.25, -0.2) is 9.13 Å². The molecule has 0 fully saturated rings. The van der Waals surface area contributed by atoms with Crippen LogP contribution in [-0.4, -0.2) is 96.7 Å². The lowest BCUT2D eigenvalue weighted by Crippen LogP contribution is -2.30. The lowest BCUT2D eigenvalue weighted by atomic mass is 10.0. The summed E-state index contributed by atoms with van der Waals surface area (Å²) in [5.74, 6) is -2.12. The predicted molar refractivity (Wildman–Crippen MR) is 359 cm³/mol. The molecule has 528 valence electrons. The van der Waals surface area contributed by atoms with Gasteiger partial charge in [-0.3, -0.25) is 37.3 Å². The number of aliphatic hydroxyl groups excluding tert-OH is 1. The van der Waals surface area contributed by atoms with Crippen LogP contribution in [0.25, 0.3) is 0 Å². The van der Waals surface area contributed by atoms with Crippen molar-refractivity contribution in [2.24, 2.45) is 0 Å². The molecule has 0 aliphatic heterocycles. The molecule has 2 unspecified atom stereocenters. The van der Waals surface area contributed by atoms with Gasteiger partial charge in [0.05, 0.1) is 26.4 Å². The fourth-order valence-corrected chi connectivity index (χ4v) is 12.3. The summed E-state index contributed by atoms with van der Waals surface area (Å²) in [5.41, 5.74) is 0. The Morgan fingerprint density at radius 3 is 0.663 bits per heavy atom. The molecule has 0 aliphatic rings. The number of hydrogen-bond donors (Lipinski definition) is 3. The Bertz CT molecular complexity index is 1710. The average molecular weight is 1310 g/mol. The van der Waals surface area contributed by atoms with E-state index in [4.69, 9.17) is 37.0 Å². The number of unbranched alkanes of at least 4 members (excludes halogenated alkanes) is 45. The number of carbonyl (C=O) groups is 4. The SMILES string of the molecule is CCCCCCCCCCCCCCCCCCCCCC(=O)O[C@H](COC(=O)CCCCCCCCCCCCCC)COP(=O)(O)OC[C@@H](O)COP(=O)(O)OC[C@@H](COC(=O)CCCCCCCCCCC)OC(=O)CCCCCCCCCCC. The van der Waals surface area contributed by atoms with E-state index in [9.17, 15) is 43.2 Å². The van der Waals surface area contributed by atoms with Crippen LogP contribution in [0.15, 0.2) is 0 Å². The van der Waals surface area contributed by atoms with Crippen LogP contribution in [0.4, 0.5) is 0 Å². The third kappa shape index (κ3) is 64.6. The average Bonchev–Trinajstić information content (AvgIpc) is 3.72. The Kier molecular flexibility index (Phi) is 63.3. The molecule has 5 atom stereocenters. The molecule has 0 aliphatic carbocycles. The van der Waals surface area contributed by atoms with E-state index in [2.05, 4.69) is 27.7 Å². The van der Waals surface area contributed by atoms with Crippen molar-refractivity contribution in [1.29, 1.82) is 0 Å². The van der Waals surface area contributed by atoms with E-state index in [0.717, 1.165) is 89.9 Å². The lowest BCUT2D eigenvalue weighted by molar-refractivity contribution is -0.161. The van der Waals surface area contributed by atoms with E-state index < -0.39 is 97.5 Å². The van der Waals surface area contributed by atoms with Gasteiger partial charge in [-0.1, -0.05) is 317 Å². The Morgan fingerprint density at radius 2 is 0.449 bits per heavy atom. The van der Waals surface area contributed by atoms with Crippen molar-refractivity contribution < 1.29 is 80.2 Å². The van der Waals surface area contributed by atoms with Gasteiger partial charge in [0.15, 0.2) is 12.2 Å². The highest BCUT2D eigenvalue weighted by atomic mass is 31.2. The summed E-state index contributed by atoms with van der Waals surface area (Å²) in [6.45, 7) is 4.91. The van der Waals surface area contributed by atoms with Crippen LogP contribution < -0.4 is 0 Å². The summed E-state index contributed by atoms with van der Waals surface area (Å²) in [7, 11) is -9.89. The summed E-state index contributed by atoms with van der Waals surface area (Å²) in [6.07, 6.45) is 52.7. The molecule has 0 saturated carbocycles. The van der Waals surface area contributed by atoms with Crippen molar-refractivity contribution in [3.63, 3.8) is 0 Å². The molecule has 17 nitrogen and oxygen atoms in total. The molecule has 0 aromatic rings. The minimum Gasteiger partial charge on any atom is -0.462 e. The molecule has 19 heteroatoms. The van der Waals surface area contributed by atoms with Crippen molar-refractivity contribution in [2.45, 2.75) is 386 Å². The van der Waals surface area contributed by atoms with E-state index in [1.54, 1.807) is 0 Å². The zero-order chi connectivity index (χ0) is 65.4. The molecule has 0 radical (unpaired) electrons. The number of phosphoric acid groups is 2. The zero-order valence-electron chi connectivity index (χ0n) is 57.4. The van der Waals surface area contributed by atoms with Gasteiger partial charge in [-0.15, -0.1) is 0 Å². The van der Waals surface area contributed by atoms with Gasteiger partial charge >= 0.3 is 39.5 Å². The highest BCUT2D eigenvalue weighted by Gasteiger charge is 2.30. The summed E-state index contributed by atoms with van der Waals surface area (Å²) in [6, 6.07) is 0. The maximum absolute atomic E-state index is 13.0. The van der Waals surface area contributed by atoms with Gasteiger partial charge in [0, 0.05) is 25.7 Å². The molecule has 0 aromatic carbocycles. The fraction of sp³-hybridized carbons (Fsp3) is 0.943. The minimum absolute atomic E-state index is 0.106. The first kappa shape index (κ1) is 87.1. The normalized spacial score (nSPS) is 14.0. The first-order valence-corrected chi connectivity index (χ1v) is 39.8. The molecule has 0 spiro atoms. The van der Waals surface area contributed by atoms with Crippen LogP contribution in [0.3, 0.4) is 0 Å². The van der Waals surface area contributed by atoms with Gasteiger partial charge in [0.25, 0.3) is 0 Å². The molecule has 0 rings (SSSR count). The maximum Gasteiger partial charge on any atom is 0.472 e. The van der Waals surface area contributed by atoms with Crippen molar-refractivity contribution in [1.82, 2.24) is 0 Å². The molecule has 0 bridgehead atoms. The van der Waals surface area contributed by atoms with Crippen LogP contribution in [0.1, 0.15) is 368 Å². The molecular weight excluding hydrogens is 1170 g/mol. The first-order valence-electron chi connectivity index (χ1n) is 36.8. The van der Waals surface area contributed by atoms with E-state index >= 15 is 0 Å². The number of carbonyl (C=O) groups excluding carboxylic acids is 4. The van der Waals surface area contributed by atoms with Crippen LogP contribution in [0, 0.1) is 0 Å². The number of phosphoric ester groups is 2. The Labute approximate surface area is 543 Å². The Balaban J connectivity index is 5.17. The second-order valence-corrected chi connectivity index (χ2v) is 28.2. The molecule has 0 saturated heterocycles. The smallest absolute Gasteiger partial charge is 0.462 e. The maximum atomic E-state index is 13.0. The van der Waals surface area contributed by atoms with E-state index in [1.807, 2.05) is 0 Å². The van der Waals surface area contributed by atoms with Crippen molar-refractivity contribution >= 4 is 39.5 Å². The van der Waals surface area contributed by atoms with Gasteiger partial charge in [-0.05, 0) is 25.7 Å². The topological polar surface area (TPSA) is 237 Å². The lowest BCUT2D eigenvalue weighted by Gasteiger charge is -2.21.